The van der Waals surface area contributed by atoms with Crippen LogP contribution in [0, 0.1) is 0 Å². The highest BCUT2D eigenvalue weighted by molar-refractivity contribution is 7.90. The van der Waals surface area contributed by atoms with Crippen LogP contribution in [-0.4, -0.2) is 58.0 Å². The average molecular weight is 278 g/mol. The van der Waals surface area contributed by atoms with Gasteiger partial charge in [-0.3, -0.25) is 0 Å². The Morgan fingerprint density at radius 1 is 1.39 bits per heavy atom. The third-order valence-electron chi connectivity index (χ3n) is 3.72. The van der Waals surface area contributed by atoms with Gasteiger partial charge in [-0.1, -0.05) is 6.92 Å². The summed E-state index contributed by atoms with van der Waals surface area (Å²) >= 11 is 0. The van der Waals surface area contributed by atoms with Crippen molar-refractivity contribution in [3.8, 4) is 0 Å². The molecule has 0 saturated carbocycles. The SMILES string of the molecule is CC[C@H](C)N(C)CCNS(=O)(=O)C1CCOCC1. The van der Waals surface area contributed by atoms with Crippen molar-refractivity contribution in [1.29, 1.82) is 0 Å². The smallest absolute Gasteiger partial charge is 0.214 e. The quantitative estimate of drug-likeness (QED) is 0.749. The highest BCUT2D eigenvalue weighted by atomic mass is 32.2. The minimum absolute atomic E-state index is 0.278. The maximum Gasteiger partial charge on any atom is 0.214 e. The van der Waals surface area contributed by atoms with E-state index in [4.69, 9.17) is 4.74 Å². The first-order valence-electron chi connectivity index (χ1n) is 6.73. The number of hydrogen-bond donors (Lipinski definition) is 1. The van der Waals surface area contributed by atoms with E-state index in [1.165, 1.54) is 0 Å². The molecular formula is C12H26N2O3S. The van der Waals surface area contributed by atoms with Crippen LogP contribution in [0.5, 0.6) is 0 Å². The zero-order chi connectivity index (χ0) is 13.6. The van der Waals surface area contributed by atoms with Crippen LogP contribution in [0.4, 0.5) is 0 Å². The summed E-state index contributed by atoms with van der Waals surface area (Å²) in [5.74, 6) is 0. The molecule has 1 atom stereocenters. The summed E-state index contributed by atoms with van der Waals surface area (Å²) < 4.78 is 31.9. The van der Waals surface area contributed by atoms with Gasteiger partial charge in [0, 0.05) is 32.3 Å². The molecule has 0 spiro atoms. The van der Waals surface area contributed by atoms with Gasteiger partial charge in [0.05, 0.1) is 5.25 Å². The fourth-order valence-corrected chi connectivity index (χ4v) is 3.42. The lowest BCUT2D eigenvalue weighted by Crippen LogP contribution is -2.42. The topological polar surface area (TPSA) is 58.6 Å². The molecule has 0 amide bonds. The van der Waals surface area contributed by atoms with Gasteiger partial charge < -0.3 is 9.64 Å². The molecule has 0 aromatic rings. The van der Waals surface area contributed by atoms with Crippen LogP contribution in [0.1, 0.15) is 33.1 Å². The van der Waals surface area contributed by atoms with Crippen molar-refractivity contribution in [2.24, 2.45) is 0 Å². The Morgan fingerprint density at radius 2 is 2.00 bits per heavy atom. The van der Waals surface area contributed by atoms with Crippen LogP contribution < -0.4 is 4.72 Å². The molecule has 108 valence electrons. The first-order valence-corrected chi connectivity index (χ1v) is 8.28. The summed E-state index contributed by atoms with van der Waals surface area (Å²) in [6.07, 6.45) is 2.29. The second kappa shape index (κ2) is 7.43. The van der Waals surface area contributed by atoms with E-state index in [0.717, 1.165) is 13.0 Å². The van der Waals surface area contributed by atoms with E-state index >= 15 is 0 Å². The minimum atomic E-state index is -3.17. The van der Waals surface area contributed by atoms with E-state index in [0.29, 0.717) is 38.6 Å². The summed E-state index contributed by atoms with van der Waals surface area (Å²) in [6, 6.07) is 0.484. The number of rotatable bonds is 7. The summed E-state index contributed by atoms with van der Waals surface area (Å²) in [6.45, 7) is 6.62. The molecule has 1 heterocycles. The van der Waals surface area contributed by atoms with E-state index in [-0.39, 0.29) is 5.25 Å². The van der Waals surface area contributed by atoms with Gasteiger partial charge in [0.2, 0.25) is 10.0 Å². The number of ether oxygens (including phenoxy) is 1. The first kappa shape index (κ1) is 15.9. The molecule has 1 saturated heterocycles. The normalized spacial score (nSPS) is 20.2. The highest BCUT2D eigenvalue weighted by Crippen LogP contribution is 2.14. The van der Waals surface area contributed by atoms with Crippen molar-refractivity contribution in [2.45, 2.75) is 44.4 Å². The third-order valence-corrected chi connectivity index (χ3v) is 5.67. The Labute approximate surface area is 111 Å². The Morgan fingerprint density at radius 3 is 2.56 bits per heavy atom. The second-order valence-corrected chi connectivity index (χ2v) is 7.03. The van der Waals surface area contributed by atoms with Crippen LogP contribution in [0.15, 0.2) is 0 Å². The molecule has 1 rings (SSSR count). The van der Waals surface area contributed by atoms with Crippen molar-refractivity contribution < 1.29 is 13.2 Å². The van der Waals surface area contributed by atoms with E-state index in [1.807, 2.05) is 7.05 Å². The standard InChI is InChI=1S/C12H26N2O3S/c1-4-11(2)14(3)8-7-13-18(15,16)12-5-9-17-10-6-12/h11-13H,4-10H2,1-3H3/t11-/m0/s1. The third kappa shape index (κ3) is 4.84. The van der Waals surface area contributed by atoms with Gasteiger partial charge >= 0.3 is 0 Å². The molecule has 1 fully saturated rings. The molecule has 1 aliphatic rings. The minimum Gasteiger partial charge on any atom is -0.381 e. The first-order chi connectivity index (χ1) is 8.47. The molecule has 0 aromatic carbocycles. The van der Waals surface area contributed by atoms with Crippen LogP contribution >= 0.6 is 0 Å². The highest BCUT2D eigenvalue weighted by Gasteiger charge is 2.27. The van der Waals surface area contributed by atoms with E-state index in [2.05, 4.69) is 23.5 Å². The molecule has 1 aliphatic heterocycles. The molecule has 0 aliphatic carbocycles. The van der Waals surface area contributed by atoms with Crippen LogP contribution in [-0.2, 0) is 14.8 Å². The number of hydrogen-bond acceptors (Lipinski definition) is 4. The average Bonchev–Trinajstić information content (AvgIpc) is 2.38. The lowest BCUT2D eigenvalue weighted by Gasteiger charge is -2.25. The van der Waals surface area contributed by atoms with Gasteiger partial charge in [-0.15, -0.1) is 0 Å². The summed E-state index contributed by atoms with van der Waals surface area (Å²) in [5, 5.41) is -0.278. The maximum atomic E-state index is 12.0. The van der Waals surface area contributed by atoms with Crippen molar-refractivity contribution in [3.63, 3.8) is 0 Å². The molecule has 6 heteroatoms. The van der Waals surface area contributed by atoms with Gasteiger partial charge in [0.1, 0.15) is 0 Å². The lowest BCUT2D eigenvalue weighted by molar-refractivity contribution is 0.0981. The Bertz CT molecular complexity index is 326. The monoisotopic (exact) mass is 278 g/mol. The van der Waals surface area contributed by atoms with Gasteiger partial charge in [0.15, 0.2) is 0 Å². The van der Waals surface area contributed by atoms with E-state index < -0.39 is 10.0 Å². The molecule has 0 aromatic heterocycles. The molecule has 1 N–H and O–H groups in total. The van der Waals surface area contributed by atoms with Gasteiger partial charge in [-0.25, -0.2) is 13.1 Å². The number of nitrogens with zero attached hydrogens (tertiary/aromatic N) is 1. The fourth-order valence-electron chi connectivity index (χ4n) is 2.00. The van der Waals surface area contributed by atoms with Crippen molar-refractivity contribution in [2.75, 3.05) is 33.4 Å². The number of sulfonamides is 1. The number of likely N-dealkylation sites (N-methyl/N-ethyl adjacent to an activating group) is 1. The van der Waals surface area contributed by atoms with Gasteiger partial charge in [-0.2, -0.15) is 0 Å². The molecule has 0 bridgehead atoms. The molecule has 0 radical (unpaired) electrons. The van der Waals surface area contributed by atoms with E-state index in [9.17, 15) is 8.42 Å². The Hall–Kier alpha value is -0.170. The predicted octanol–water partition coefficient (Wildman–Crippen LogP) is 0.815. The van der Waals surface area contributed by atoms with Gasteiger partial charge in [0.25, 0.3) is 0 Å². The molecular weight excluding hydrogens is 252 g/mol. The van der Waals surface area contributed by atoms with Crippen molar-refractivity contribution in [3.05, 3.63) is 0 Å². The van der Waals surface area contributed by atoms with Crippen LogP contribution in [0.2, 0.25) is 0 Å². The van der Waals surface area contributed by atoms with E-state index in [1.54, 1.807) is 0 Å². The molecule has 5 nitrogen and oxygen atoms in total. The summed E-state index contributed by atoms with van der Waals surface area (Å²) in [5.41, 5.74) is 0. The zero-order valence-electron chi connectivity index (χ0n) is 11.7. The summed E-state index contributed by atoms with van der Waals surface area (Å²) in [4.78, 5) is 2.17. The number of nitrogens with one attached hydrogen (secondary N) is 1. The predicted molar refractivity (Wildman–Crippen MR) is 73.1 cm³/mol. The van der Waals surface area contributed by atoms with Crippen molar-refractivity contribution in [1.82, 2.24) is 9.62 Å². The maximum absolute atomic E-state index is 12.0. The molecule has 0 unspecified atom stereocenters. The Balaban J connectivity index is 2.33. The zero-order valence-corrected chi connectivity index (χ0v) is 12.5. The van der Waals surface area contributed by atoms with Crippen LogP contribution in [0.3, 0.4) is 0 Å². The van der Waals surface area contributed by atoms with Crippen molar-refractivity contribution >= 4 is 10.0 Å². The van der Waals surface area contributed by atoms with Gasteiger partial charge in [-0.05, 0) is 33.2 Å². The second-order valence-electron chi connectivity index (χ2n) is 4.99. The largest absolute Gasteiger partial charge is 0.381 e. The lowest BCUT2D eigenvalue weighted by atomic mass is 10.2. The van der Waals surface area contributed by atoms with Crippen LogP contribution in [0.25, 0.3) is 0 Å². The fraction of sp³-hybridized carbons (Fsp3) is 1.00. The molecule has 18 heavy (non-hydrogen) atoms. The Kier molecular flexibility index (Phi) is 6.55. The summed E-state index contributed by atoms with van der Waals surface area (Å²) in [7, 11) is -1.14.